The molecule has 5 nitrogen and oxygen atoms in total. The molecule has 1 aromatic carbocycles. The third-order valence-corrected chi connectivity index (χ3v) is 4.39. The van der Waals surface area contributed by atoms with Crippen LogP contribution in [-0.4, -0.2) is 37.0 Å². The van der Waals surface area contributed by atoms with Crippen LogP contribution >= 0.6 is 11.6 Å². The van der Waals surface area contributed by atoms with E-state index in [4.69, 9.17) is 17.3 Å². The van der Waals surface area contributed by atoms with Crippen molar-refractivity contribution < 1.29 is 17.9 Å². The molecule has 3 N–H and O–H groups in total. The zero-order valence-corrected chi connectivity index (χ0v) is 12.4. The van der Waals surface area contributed by atoms with Gasteiger partial charge in [0.05, 0.1) is 10.6 Å². The molecule has 0 spiro atoms. The average molecular weight is 311 g/mol. The van der Waals surface area contributed by atoms with Gasteiger partial charge in [0.25, 0.3) is 0 Å². The topological polar surface area (TPSA) is 83.6 Å². The number of aliphatic hydroxyl groups is 1. The van der Waals surface area contributed by atoms with E-state index in [2.05, 4.69) is 0 Å². The molecule has 0 aliphatic carbocycles. The molecule has 0 amide bonds. The summed E-state index contributed by atoms with van der Waals surface area (Å²) in [7, 11) is -2.87. The summed E-state index contributed by atoms with van der Waals surface area (Å²) in [6.45, 7) is 2.70. The Bertz CT molecular complexity index is 584. The fourth-order valence-corrected chi connectivity index (χ4v) is 3.30. The summed E-state index contributed by atoms with van der Waals surface area (Å²) in [5.41, 5.74) is 4.26. The first-order valence-corrected chi connectivity index (χ1v) is 7.20. The standard InChI is InChI=1S/C11H16ClFN2O3S/c1-11(2,16)6-15(3)19(17,18)9-5-7(14)4-8(12)10(9)13/h4-5,16H,6,14H2,1-3H3. The van der Waals surface area contributed by atoms with Crippen molar-refractivity contribution in [3.8, 4) is 0 Å². The van der Waals surface area contributed by atoms with Crippen molar-refractivity contribution in [2.75, 3.05) is 19.3 Å². The molecule has 0 heterocycles. The summed E-state index contributed by atoms with van der Waals surface area (Å²) in [5, 5.41) is 9.26. The van der Waals surface area contributed by atoms with Crippen molar-refractivity contribution in [1.82, 2.24) is 4.31 Å². The van der Waals surface area contributed by atoms with Crippen LogP contribution in [0.25, 0.3) is 0 Å². The summed E-state index contributed by atoms with van der Waals surface area (Å²) < 4.78 is 39.1. The van der Waals surface area contributed by atoms with Gasteiger partial charge in [-0.05, 0) is 26.0 Å². The second-order valence-corrected chi connectivity index (χ2v) is 7.31. The second kappa shape index (κ2) is 5.24. The average Bonchev–Trinajstić information content (AvgIpc) is 2.20. The van der Waals surface area contributed by atoms with E-state index in [1.54, 1.807) is 0 Å². The number of rotatable bonds is 4. The maximum Gasteiger partial charge on any atom is 0.245 e. The van der Waals surface area contributed by atoms with Crippen LogP contribution in [0.3, 0.4) is 0 Å². The van der Waals surface area contributed by atoms with E-state index in [0.29, 0.717) is 0 Å². The Kier molecular flexibility index (Phi) is 4.46. The largest absolute Gasteiger partial charge is 0.399 e. The second-order valence-electron chi connectivity index (χ2n) is 4.89. The lowest BCUT2D eigenvalue weighted by atomic mass is 10.1. The number of likely N-dealkylation sites (N-methyl/N-ethyl adjacent to an activating group) is 1. The van der Waals surface area contributed by atoms with Gasteiger partial charge in [-0.2, -0.15) is 4.31 Å². The normalized spacial score (nSPS) is 13.0. The molecule has 0 saturated carbocycles. The Morgan fingerprint density at radius 3 is 2.47 bits per heavy atom. The zero-order valence-electron chi connectivity index (χ0n) is 10.8. The Morgan fingerprint density at radius 2 is 2.00 bits per heavy atom. The Hall–Kier alpha value is -0.890. The highest BCUT2D eigenvalue weighted by molar-refractivity contribution is 7.89. The van der Waals surface area contributed by atoms with E-state index in [1.807, 2.05) is 0 Å². The van der Waals surface area contributed by atoms with Gasteiger partial charge in [0.1, 0.15) is 4.90 Å². The van der Waals surface area contributed by atoms with Crippen molar-refractivity contribution in [1.29, 1.82) is 0 Å². The van der Waals surface area contributed by atoms with Crippen molar-refractivity contribution in [2.45, 2.75) is 24.3 Å². The Morgan fingerprint density at radius 1 is 1.47 bits per heavy atom. The van der Waals surface area contributed by atoms with Crippen LogP contribution in [0.15, 0.2) is 17.0 Å². The van der Waals surface area contributed by atoms with Crippen LogP contribution in [0.2, 0.25) is 5.02 Å². The van der Waals surface area contributed by atoms with Crippen LogP contribution in [-0.2, 0) is 10.0 Å². The van der Waals surface area contributed by atoms with Gasteiger partial charge in [-0.15, -0.1) is 0 Å². The lowest BCUT2D eigenvalue weighted by molar-refractivity contribution is 0.0639. The molecule has 0 atom stereocenters. The number of nitrogen functional groups attached to an aromatic ring is 1. The zero-order chi connectivity index (χ0) is 15.0. The Labute approximate surface area is 116 Å². The molecular weight excluding hydrogens is 295 g/mol. The monoisotopic (exact) mass is 310 g/mol. The summed E-state index contributed by atoms with van der Waals surface area (Å²) in [6, 6.07) is 2.13. The van der Waals surface area contributed by atoms with Crippen LogP contribution in [0.4, 0.5) is 10.1 Å². The van der Waals surface area contributed by atoms with Crippen molar-refractivity contribution in [3.05, 3.63) is 23.0 Å². The molecule has 0 aliphatic heterocycles. The molecule has 0 bridgehead atoms. The molecular formula is C11H16ClFN2O3S. The third kappa shape index (κ3) is 3.79. The molecule has 19 heavy (non-hydrogen) atoms. The molecule has 0 unspecified atom stereocenters. The van der Waals surface area contributed by atoms with E-state index in [9.17, 15) is 17.9 Å². The number of sulfonamides is 1. The van der Waals surface area contributed by atoms with Gasteiger partial charge in [-0.25, -0.2) is 12.8 Å². The number of nitrogens with zero attached hydrogens (tertiary/aromatic N) is 1. The number of hydrogen-bond acceptors (Lipinski definition) is 4. The fourth-order valence-electron chi connectivity index (χ4n) is 1.57. The van der Waals surface area contributed by atoms with Gasteiger partial charge in [-0.1, -0.05) is 11.6 Å². The number of benzene rings is 1. The van der Waals surface area contributed by atoms with E-state index >= 15 is 0 Å². The molecule has 0 fully saturated rings. The summed E-state index contributed by atoms with van der Waals surface area (Å²) in [5.74, 6) is -1.06. The first kappa shape index (κ1) is 16.2. The van der Waals surface area contributed by atoms with E-state index in [1.165, 1.54) is 20.9 Å². The number of nitrogens with two attached hydrogens (primary N) is 1. The highest BCUT2D eigenvalue weighted by atomic mass is 35.5. The van der Waals surface area contributed by atoms with Crippen LogP contribution < -0.4 is 5.73 Å². The third-order valence-electron chi connectivity index (χ3n) is 2.31. The van der Waals surface area contributed by atoms with Crippen molar-refractivity contribution >= 4 is 27.3 Å². The summed E-state index contributed by atoms with van der Waals surface area (Å²) in [6.07, 6.45) is 0. The van der Waals surface area contributed by atoms with Crippen LogP contribution in [0.1, 0.15) is 13.8 Å². The van der Waals surface area contributed by atoms with E-state index in [-0.39, 0.29) is 17.3 Å². The predicted molar refractivity (Wildman–Crippen MR) is 71.9 cm³/mol. The minimum absolute atomic E-state index is 0.0432. The maximum absolute atomic E-state index is 13.8. The van der Waals surface area contributed by atoms with Gasteiger partial charge >= 0.3 is 0 Å². The summed E-state index contributed by atoms with van der Waals surface area (Å²) in [4.78, 5) is -0.607. The minimum atomic E-state index is -4.11. The smallest absolute Gasteiger partial charge is 0.245 e. The minimum Gasteiger partial charge on any atom is -0.399 e. The predicted octanol–water partition coefficient (Wildman–Crippen LogP) is 1.45. The first-order chi connectivity index (χ1) is 8.45. The van der Waals surface area contributed by atoms with Gasteiger partial charge in [0.15, 0.2) is 5.82 Å². The SMILES string of the molecule is CN(CC(C)(C)O)S(=O)(=O)c1cc(N)cc(Cl)c1F. The molecule has 0 radical (unpaired) electrons. The molecule has 108 valence electrons. The van der Waals surface area contributed by atoms with Crippen LogP contribution in [0.5, 0.6) is 0 Å². The van der Waals surface area contributed by atoms with Crippen LogP contribution in [0, 0.1) is 5.82 Å². The lowest BCUT2D eigenvalue weighted by Gasteiger charge is -2.25. The number of hydrogen-bond donors (Lipinski definition) is 2. The quantitative estimate of drug-likeness (QED) is 0.825. The van der Waals surface area contributed by atoms with Crippen molar-refractivity contribution in [2.24, 2.45) is 0 Å². The molecule has 1 rings (SSSR count). The lowest BCUT2D eigenvalue weighted by Crippen LogP contribution is -2.40. The molecule has 0 aromatic heterocycles. The van der Waals surface area contributed by atoms with E-state index < -0.39 is 26.3 Å². The van der Waals surface area contributed by atoms with Gasteiger partial charge in [-0.3, -0.25) is 0 Å². The maximum atomic E-state index is 13.8. The van der Waals surface area contributed by atoms with Gasteiger partial charge < -0.3 is 10.8 Å². The molecule has 8 heteroatoms. The first-order valence-electron chi connectivity index (χ1n) is 5.38. The molecule has 0 saturated heterocycles. The fraction of sp³-hybridized carbons (Fsp3) is 0.455. The molecule has 0 aliphatic rings. The van der Waals surface area contributed by atoms with Gasteiger partial charge in [0, 0.05) is 19.3 Å². The van der Waals surface area contributed by atoms with Crippen molar-refractivity contribution in [3.63, 3.8) is 0 Å². The highest BCUT2D eigenvalue weighted by Crippen LogP contribution is 2.28. The Balaban J connectivity index is 3.28. The summed E-state index contributed by atoms with van der Waals surface area (Å²) >= 11 is 5.58. The number of halogens is 2. The van der Waals surface area contributed by atoms with Gasteiger partial charge in [0.2, 0.25) is 10.0 Å². The van der Waals surface area contributed by atoms with E-state index in [0.717, 1.165) is 16.4 Å². The highest BCUT2D eigenvalue weighted by Gasteiger charge is 2.29. The number of anilines is 1. The molecule has 1 aromatic rings.